The third kappa shape index (κ3) is 3.73. The van der Waals surface area contributed by atoms with E-state index in [9.17, 15) is 26.0 Å². The Bertz CT molecular complexity index is 578. The monoisotopic (exact) mass is 316 g/mol. The van der Waals surface area contributed by atoms with E-state index < -0.39 is 33.8 Å². The second kappa shape index (κ2) is 5.83. The summed E-state index contributed by atoms with van der Waals surface area (Å²) in [7, 11) is -3.07. The van der Waals surface area contributed by atoms with Gasteiger partial charge in [0.05, 0.1) is 24.2 Å². The molecule has 0 spiro atoms. The number of rotatable bonds is 6. The zero-order valence-corrected chi connectivity index (χ0v) is 11.1. The average Bonchev–Trinajstić information content (AvgIpc) is 2.36. The molecule has 0 heterocycles. The normalized spacial score (nSPS) is 12.7. The third-order valence-electron chi connectivity index (χ3n) is 2.33. The van der Waals surface area contributed by atoms with Crippen molar-refractivity contribution in [3.63, 3.8) is 0 Å². The van der Waals surface area contributed by atoms with Crippen LogP contribution in [-0.4, -0.2) is 34.4 Å². The largest absolute Gasteiger partial charge is 0.495 e. The molecule has 0 bridgehead atoms. The quantitative estimate of drug-likeness (QED) is 0.615. The first-order chi connectivity index (χ1) is 9.10. The zero-order valence-electron chi connectivity index (χ0n) is 10.2. The van der Waals surface area contributed by atoms with Crippen molar-refractivity contribution in [2.24, 2.45) is 0 Å². The van der Waals surface area contributed by atoms with Crippen molar-refractivity contribution >= 4 is 15.7 Å². The van der Waals surface area contributed by atoms with Crippen molar-refractivity contribution in [3.8, 4) is 5.75 Å². The van der Waals surface area contributed by atoms with Gasteiger partial charge in [-0.25, -0.2) is 21.9 Å². The van der Waals surface area contributed by atoms with Crippen LogP contribution in [0.1, 0.15) is 0 Å². The molecular weight excluding hydrogens is 304 g/mol. The Morgan fingerprint density at radius 3 is 2.45 bits per heavy atom. The van der Waals surface area contributed by atoms with E-state index in [1.165, 1.54) is 17.9 Å². The van der Waals surface area contributed by atoms with Crippen molar-refractivity contribution in [2.45, 2.75) is 17.2 Å². The van der Waals surface area contributed by atoms with Crippen LogP contribution in [0.3, 0.4) is 0 Å². The number of sulfonamides is 1. The molecule has 1 aromatic rings. The number of hydrogen-bond acceptors (Lipinski definition) is 4. The Kier molecular flexibility index (Phi) is 4.81. The highest BCUT2D eigenvalue weighted by atomic mass is 32.2. The van der Waals surface area contributed by atoms with Crippen LogP contribution in [0.4, 0.5) is 23.2 Å². The minimum Gasteiger partial charge on any atom is -0.495 e. The van der Waals surface area contributed by atoms with Crippen molar-refractivity contribution in [2.75, 3.05) is 19.4 Å². The fourth-order valence-corrected chi connectivity index (χ4v) is 2.31. The van der Waals surface area contributed by atoms with Gasteiger partial charge in [-0.15, -0.1) is 0 Å². The summed E-state index contributed by atoms with van der Waals surface area (Å²) in [5.41, 5.74) is 5.44. The van der Waals surface area contributed by atoms with Gasteiger partial charge in [0.25, 0.3) is 0 Å². The third-order valence-corrected chi connectivity index (χ3v) is 3.73. The van der Waals surface area contributed by atoms with Gasteiger partial charge in [0, 0.05) is 0 Å². The number of alkyl halides is 4. The van der Waals surface area contributed by atoms with Gasteiger partial charge in [-0.2, -0.15) is 8.78 Å². The molecule has 0 atom stereocenters. The van der Waals surface area contributed by atoms with Crippen LogP contribution < -0.4 is 15.2 Å². The lowest BCUT2D eigenvalue weighted by Gasteiger charge is -2.16. The molecule has 0 saturated heterocycles. The number of ether oxygens (including phenoxy) is 1. The van der Waals surface area contributed by atoms with E-state index in [2.05, 4.69) is 0 Å². The molecule has 0 saturated carbocycles. The van der Waals surface area contributed by atoms with Crippen molar-refractivity contribution in [3.05, 3.63) is 18.2 Å². The summed E-state index contributed by atoms with van der Waals surface area (Å²) in [5.74, 6) is -4.26. The molecule has 20 heavy (non-hydrogen) atoms. The standard InChI is InChI=1S/C10H12F4N2O3S/c1-19-8-3-2-6(4-7(8)15)20(17,18)16-5-10(13,14)9(11)12/h2-4,9,16H,5,15H2,1H3. The molecule has 114 valence electrons. The van der Waals surface area contributed by atoms with Gasteiger partial charge in [0.2, 0.25) is 10.0 Å². The van der Waals surface area contributed by atoms with Crippen LogP contribution in [-0.2, 0) is 10.0 Å². The predicted octanol–water partition coefficient (Wildman–Crippen LogP) is 1.46. The smallest absolute Gasteiger partial charge is 0.320 e. The first-order valence-electron chi connectivity index (χ1n) is 5.19. The molecule has 0 fully saturated rings. The van der Waals surface area contributed by atoms with E-state index in [-0.39, 0.29) is 11.4 Å². The molecule has 0 unspecified atom stereocenters. The van der Waals surface area contributed by atoms with Crippen LogP contribution in [0.15, 0.2) is 23.1 Å². The molecular formula is C10H12F4N2O3S. The van der Waals surface area contributed by atoms with Crippen molar-refractivity contribution in [1.29, 1.82) is 0 Å². The van der Waals surface area contributed by atoms with Crippen molar-refractivity contribution < 1.29 is 30.7 Å². The fraction of sp³-hybridized carbons (Fsp3) is 0.400. The molecule has 1 aromatic carbocycles. The molecule has 0 radical (unpaired) electrons. The lowest BCUT2D eigenvalue weighted by molar-refractivity contribution is -0.122. The first kappa shape index (κ1) is 16.5. The van der Waals surface area contributed by atoms with Gasteiger partial charge in [-0.05, 0) is 18.2 Å². The van der Waals surface area contributed by atoms with Gasteiger partial charge in [-0.3, -0.25) is 0 Å². The van der Waals surface area contributed by atoms with Gasteiger partial charge in [0.1, 0.15) is 5.75 Å². The Morgan fingerprint density at radius 1 is 1.40 bits per heavy atom. The Labute approximate surface area is 112 Å². The van der Waals surface area contributed by atoms with Gasteiger partial charge in [0.15, 0.2) is 0 Å². The van der Waals surface area contributed by atoms with Crippen LogP contribution in [0.5, 0.6) is 5.75 Å². The topological polar surface area (TPSA) is 81.4 Å². The van der Waals surface area contributed by atoms with E-state index >= 15 is 0 Å². The molecule has 0 aliphatic carbocycles. The number of anilines is 1. The van der Waals surface area contributed by atoms with Crippen LogP contribution in [0.2, 0.25) is 0 Å². The minimum absolute atomic E-state index is 0.0315. The highest BCUT2D eigenvalue weighted by molar-refractivity contribution is 7.89. The van der Waals surface area contributed by atoms with E-state index in [1.807, 2.05) is 0 Å². The molecule has 5 nitrogen and oxygen atoms in total. The van der Waals surface area contributed by atoms with Crippen molar-refractivity contribution in [1.82, 2.24) is 4.72 Å². The maximum atomic E-state index is 12.7. The molecule has 1 rings (SSSR count). The summed E-state index contributed by atoms with van der Waals surface area (Å²) in [6, 6.07) is 3.24. The maximum Gasteiger partial charge on any atom is 0.320 e. The second-order valence-corrected chi connectivity index (χ2v) is 5.56. The number of nitrogen functional groups attached to an aromatic ring is 1. The molecule has 0 aliphatic heterocycles. The Morgan fingerprint density at radius 2 is 2.00 bits per heavy atom. The van der Waals surface area contributed by atoms with Gasteiger partial charge < -0.3 is 10.5 Å². The Balaban J connectivity index is 2.92. The SMILES string of the molecule is COc1ccc(S(=O)(=O)NCC(F)(F)C(F)F)cc1N. The van der Waals surface area contributed by atoms with Crippen LogP contribution in [0.25, 0.3) is 0 Å². The molecule has 0 amide bonds. The van der Waals surface area contributed by atoms with Gasteiger partial charge >= 0.3 is 12.3 Å². The van der Waals surface area contributed by atoms with Crippen LogP contribution in [0, 0.1) is 0 Å². The Hall–Kier alpha value is -1.55. The van der Waals surface area contributed by atoms with Gasteiger partial charge in [-0.1, -0.05) is 0 Å². The summed E-state index contributed by atoms with van der Waals surface area (Å²) in [4.78, 5) is -0.430. The van der Waals surface area contributed by atoms with E-state index in [0.717, 1.165) is 12.1 Å². The summed E-state index contributed by atoms with van der Waals surface area (Å²) in [5, 5.41) is 0. The second-order valence-electron chi connectivity index (χ2n) is 3.79. The minimum atomic E-state index is -4.45. The van der Waals surface area contributed by atoms with E-state index in [0.29, 0.717) is 0 Å². The number of hydrogen-bond donors (Lipinski definition) is 2. The lowest BCUT2D eigenvalue weighted by atomic mass is 10.3. The fourth-order valence-electron chi connectivity index (χ4n) is 1.23. The average molecular weight is 316 g/mol. The zero-order chi connectivity index (χ0) is 15.6. The molecule has 10 heteroatoms. The molecule has 3 N–H and O–H groups in total. The summed E-state index contributed by atoms with van der Waals surface area (Å²) >= 11 is 0. The van der Waals surface area contributed by atoms with E-state index in [1.54, 1.807) is 0 Å². The summed E-state index contributed by atoms with van der Waals surface area (Å²) in [6.07, 6.45) is -3.97. The highest BCUT2D eigenvalue weighted by Crippen LogP contribution is 2.25. The number of nitrogens with one attached hydrogen (secondary N) is 1. The summed E-state index contributed by atoms with van der Waals surface area (Å²) in [6.45, 7) is -1.71. The van der Waals surface area contributed by atoms with Crippen LogP contribution >= 0.6 is 0 Å². The molecule has 0 aliphatic rings. The number of nitrogens with two attached hydrogens (primary N) is 1. The number of benzene rings is 1. The first-order valence-corrected chi connectivity index (χ1v) is 6.67. The lowest BCUT2D eigenvalue weighted by Crippen LogP contribution is -2.41. The molecule has 0 aromatic heterocycles. The van der Waals surface area contributed by atoms with E-state index in [4.69, 9.17) is 10.5 Å². The summed E-state index contributed by atoms with van der Waals surface area (Å²) < 4.78 is 78.7. The predicted molar refractivity (Wildman–Crippen MR) is 63.5 cm³/mol. The highest BCUT2D eigenvalue weighted by Gasteiger charge is 2.41. The number of methoxy groups -OCH3 is 1. The maximum absolute atomic E-state index is 12.7. The number of halogens is 4.